The third-order valence-electron chi connectivity index (χ3n) is 3.31. The second-order valence-electron chi connectivity index (χ2n) is 5.63. The van der Waals surface area contributed by atoms with E-state index in [0.29, 0.717) is 5.75 Å². The molecule has 0 aromatic heterocycles. The van der Waals surface area contributed by atoms with Crippen LogP contribution >= 0.6 is 0 Å². The summed E-state index contributed by atoms with van der Waals surface area (Å²) in [6, 6.07) is 5.99. The third-order valence-corrected chi connectivity index (χ3v) is 3.31. The first kappa shape index (κ1) is 15.0. The first-order valence-electron chi connectivity index (χ1n) is 7.03. The Morgan fingerprint density at radius 3 is 2.56 bits per heavy atom. The van der Waals surface area contributed by atoms with Crippen LogP contribution in [0.1, 0.15) is 57.2 Å². The molecule has 18 heavy (non-hydrogen) atoms. The van der Waals surface area contributed by atoms with Gasteiger partial charge in [0.05, 0.1) is 0 Å². The SMILES string of the molecule is Cc1ccc(O)c(C(C)NCCCCC(C)C)c1. The zero-order valence-electron chi connectivity index (χ0n) is 12.2. The minimum atomic E-state index is 0.212. The number of unbranched alkanes of at least 4 members (excludes halogenated alkanes) is 1. The summed E-state index contributed by atoms with van der Waals surface area (Å²) < 4.78 is 0. The van der Waals surface area contributed by atoms with Crippen LogP contribution < -0.4 is 5.32 Å². The summed E-state index contributed by atoms with van der Waals surface area (Å²) in [5.41, 5.74) is 2.19. The normalized spacial score (nSPS) is 12.9. The van der Waals surface area contributed by atoms with Gasteiger partial charge in [0.15, 0.2) is 0 Å². The number of aryl methyl sites for hydroxylation is 1. The van der Waals surface area contributed by atoms with E-state index in [0.717, 1.165) is 18.0 Å². The minimum absolute atomic E-state index is 0.212. The van der Waals surface area contributed by atoms with Crippen molar-refractivity contribution in [1.29, 1.82) is 0 Å². The molecule has 0 aliphatic heterocycles. The topological polar surface area (TPSA) is 32.3 Å². The quantitative estimate of drug-likeness (QED) is 0.711. The maximum atomic E-state index is 9.84. The molecule has 0 heterocycles. The highest BCUT2D eigenvalue weighted by Gasteiger charge is 2.09. The van der Waals surface area contributed by atoms with Crippen LogP contribution in [0.2, 0.25) is 0 Å². The number of hydrogen-bond donors (Lipinski definition) is 2. The van der Waals surface area contributed by atoms with Crippen LogP contribution in [0.4, 0.5) is 0 Å². The Morgan fingerprint density at radius 2 is 1.89 bits per heavy atom. The number of hydrogen-bond acceptors (Lipinski definition) is 2. The maximum absolute atomic E-state index is 9.84. The molecule has 2 N–H and O–H groups in total. The summed E-state index contributed by atoms with van der Waals surface area (Å²) in [6.45, 7) is 9.71. The lowest BCUT2D eigenvalue weighted by atomic mass is 10.0. The van der Waals surface area contributed by atoms with Crippen LogP contribution in [0.15, 0.2) is 18.2 Å². The molecule has 0 bridgehead atoms. The van der Waals surface area contributed by atoms with Crippen molar-refractivity contribution in [3.8, 4) is 5.75 Å². The fraction of sp³-hybridized carbons (Fsp3) is 0.625. The first-order valence-corrected chi connectivity index (χ1v) is 7.03. The number of phenolic OH excluding ortho intramolecular Hbond substituents is 1. The molecule has 1 aromatic rings. The molecule has 0 saturated carbocycles. The summed E-state index contributed by atoms with van der Waals surface area (Å²) in [5, 5.41) is 13.3. The van der Waals surface area contributed by atoms with Crippen molar-refractivity contribution in [2.45, 2.75) is 53.0 Å². The van der Waals surface area contributed by atoms with Gasteiger partial charge >= 0.3 is 0 Å². The molecule has 2 heteroatoms. The van der Waals surface area contributed by atoms with Gasteiger partial charge in [0.25, 0.3) is 0 Å². The highest BCUT2D eigenvalue weighted by Crippen LogP contribution is 2.24. The van der Waals surface area contributed by atoms with Crippen molar-refractivity contribution >= 4 is 0 Å². The van der Waals surface area contributed by atoms with E-state index < -0.39 is 0 Å². The lowest BCUT2D eigenvalue weighted by Crippen LogP contribution is -2.20. The Morgan fingerprint density at radius 1 is 1.17 bits per heavy atom. The van der Waals surface area contributed by atoms with Gasteiger partial charge in [-0.3, -0.25) is 0 Å². The number of phenols is 1. The maximum Gasteiger partial charge on any atom is 0.120 e. The molecular weight excluding hydrogens is 222 g/mol. The standard InChI is InChI=1S/C16H27NO/c1-12(2)7-5-6-10-17-14(4)15-11-13(3)8-9-16(15)18/h8-9,11-12,14,17-18H,5-7,10H2,1-4H3. The second kappa shape index (κ2) is 7.42. The molecule has 1 atom stereocenters. The molecule has 0 spiro atoms. The molecule has 1 rings (SSSR count). The third kappa shape index (κ3) is 5.09. The van der Waals surface area contributed by atoms with Crippen LogP contribution in [0.25, 0.3) is 0 Å². The molecule has 2 nitrogen and oxygen atoms in total. The first-order chi connectivity index (χ1) is 8.50. The van der Waals surface area contributed by atoms with E-state index in [1.165, 1.54) is 24.8 Å². The molecule has 0 amide bonds. The fourth-order valence-electron chi connectivity index (χ4n) is 2.13. The second-order valence-corrected chi connectivity index (χ2v) is 5.63. The summed E-state index contributed by atoms with van der Waals surface area (Å²) in [6.07, 6.45) is 3.78. The summed E-state index contributed by atoms with van der Waals surface area (Å²) in [5.74, 6) is 1.19. The molecule has 0 aliphatic carbocycles. The zero-order chi connectivity index (χ0) is 13.5. The minimum Gasteiger partial charge on any atom is -0.508 e. The van der Waals surface area contributed by atoms with Crippen molar-refractivity contribution in [1.82, 2.24) is 5.32 Å². The fourth-order valence-corrected chi connectivity index (χ4v) is 2.13. The molecule has 0 fully saturated rings. The number of rotatable bonds is 7. The van der Waals surface area contributed by atoms with Crippen molar-refractivity contribution < 1.29 is 5.11 Å². The number of benzene rings is 1. The van der Waals surface area contributed by atoms with Crippen LogP contribution in [-0.2, 0) is 0 Å². The molecule has 1 unspecified atom stereocenters. The van der Waals surface area contributed by atoms with E-state index in [4.69, 9.17) is 0 Å². The molecular formula is C16H27NO. The lowest BCUT2D eigenvalue weighted by Gasteiger charge is -2.16. The Labute approximate surface area is 111 Å². The van der Waals surface area contributed by atoms with Gasteiger partial charge in [-0.15, -0.1) is 0 Å². The largest absolute Gasteiger partial charge is 0.508 e. The monoisotopic (exact) mass is 249 g/mol. The Kier molecular flexibility index (Phi) is 6.20. The molecule has 102 valence electrons. The smallest absolute Gasteiger partial charge is 0.120 e. The van der Waals surface area contributed by atoms with E-state index in [9.17, 15) is 5.11 Å². The van der Waals surface area contributed by atoms with Crippen molar-refractivity contribution in [3.63, 3.8) is 0 Å². The van der Waals surface area contributed by atoms with E-state index >= 15 is 0 Å². The van der Waals surface area contributed by atoms with Gasteiger partial charge < -0.3 is 10.4 Å². The molecule has 0 aliphatic rings. The molecule has 0 radical (unpaired) electrons. The predicted octanol–water partition coefficient (Wildman–Crippen LogP) is 4.18. The van der Waals surface area contributed by atoms with Crippen molar-refractivity contribution in [2.24, 2.45) is 5.92 Å². The number of nitrogens with one attached hydrogen (secondary N) is 1. The highest BCUT2D eigenvalue weighted by atomic mass is 16.3. The van der Waals surface area contributed by atoms with Gasteiger partial charge in [0.2, 0.25) is 0 Å². The summed E-state index contributed by atoms with van der Waals surface area (Å²) >= 11 is 0. The van der Waals surface area contributed by atoms with Crippen molar-refractivity contribution in [3.05, 3.63) is 29.3 Å². The predicted molar refractivity (Wildman–Crippen MR) is 78.0 cm³/mol. The average molecular weight is 249 g/mol. The van der Waals surface area contributed by atoms with Gasteiger partial charge in [0, 0.05) is 11.6 Å². The highest BCUT2D eigenvalue weighted by molar-refractivity contribution is 5.37. The van der Waals surface area contributed by atoms with Crippen LogP contribution in [0, 0.1) is 12.8 Å². The number of aromatic hydroxyl groups is 1. The van der Waals surface area contributed by atoms with Gasteiger partial charge in [-0.2, -0.15) is 0 Å². The van der Waals surface area contributed by atoms with Crippen LogP contribution in [0.5, 0.6) is 5.75 Å². The molecule has 1 aromatic carbocycles. The van der Waals surface area contributed by atoms with Crippen molar-refractivity contribution in [2.75, 3.05) is 6.54 Å². The van der Waals surface area contributed by atoms with Gasteiger partial charge in [-0.25, -0.2) is 0 Å². The van der Waals surface area contributed by atoms with E-state index in [-0.39, 0.29) is 6.04 Å². The van der Waals surface area contributed by atoms with E-state index in [1.807, 2.05) is 6.07 Å². The molecule has 0 saturated heterocycles. The average Bonchev–Trinajstić information content (AvgIpc) is 2.31. The van der Waals surface area contributed by atoms with E-state index in [2.05, 4.69) is 39.1 Å². The van der Waals surface area contributed by atoms with Crippen LogP contribution in [0.3, 0.4) is 0 Å². The Balaban J connectivity index is 2.36. The summed E-state index contributed by atoms with van der Waals surface area (Å²) in [7, 11) is 0. The van der Waals surface area contributed by atoms with Gasteiger partial charge in [0.1, 0.15) is 5.75 Å². The Bertz CT molecular complexity index is 360. The van der Waals surface area contributed by atoms with E-state index in [1.54, 1.807) is 6.07 Å². The van der Waals surface area contributed by atoms with Gasteiger partial charge in [-0.05, 0) is 38.8 Å². The lowest BCUT2D eigenvalue weighted by molar-refractivity contribution is 0.447. The summed E-state index contributed by atoms with van der Waals surface area (Å²) in [4.78, 5) is 0. The Hall–Kier alpha value is -1.02. The van der Waals surface area contributed by atoms with Crippen LogP contribution in [-0.4, -0.2) is 11.7 Å². The zero-order valence-corrected chi connectivity index (χ0v) is 12.2. The van der Waals surface area contributed by atoms with Gasteiger partial charge in [-0.1, -0.05) is 44.4 Å².